The number of amides is 1. The van der Waals surface area contributed by atoms with Crippen LogP contribution in [-0.4, -0.2) is 41.3 Å². The molecule has 0 spiro atoms. The van der Waals surface area contributed by atoms with E-state index in [9.17, 15) is 9.59 Å². The second-order valence-electron chi connectivity index (χ2n) is 9.37. The maximum atomic E-state index is 12.4. The van der Waals surface area contributed by atoms with E-state index in [-0.39, 0.29) is 11.5 Å². The quantitative estimate of drug-likeness (QED) is 0.351. The molecule has 36 heavy (non-hydrogen) atoms. The van der Waals surface area contributed by atoms with Crippen LogP contribution in [0.15, 0.2) is 75.0 Å². The van der Waals surface area contributed by atoms with E-state index in [2.05, 4.69) is 43.5 Å². The van der Waals surface area contributed by atoms with Crippen LogP contribution in [0.4, 0.5) is 0 Å². The first-order valence-electron chi connectivity index (χ1n) is 12.3. The summed E-state index contributed by atoms with van der Waals surface area (Å²) >= 11 is 3.40. The number of halogens is 1. The van der Waals surface area contributed by atoms with Crippen LogP contribution in [0, 0.1) is 5.92 Å². The Morgan fingerprint density at radius 3 is 2.83 bits per heavy atom. The zero-order valence-electron chi connectivity index (χ0n) is 20.2. The van der Waals surface area contributed by atoms with E-state index < -0.39 is 0 Å². The van der Waals surface area contributed by atoms with Gasteiger partial charge in [0, 0.05) is 53.9 Å². The fraction of sp³-hybridized carbons (Fsp3) is 0.321. The van der Waals surface area contributed by atoms with Gasteiger partial charge >= 0.3 is 0 Å². The van der Waals surface area contributed by atoms with Crippen molar-refractivity contribution in [3.05, 3.63) is 97.9 Å². The van der Waals surface area contributed by atoms with Gasteiger partial charge in [0.15, 0.2) is 0 Å². The van der Waals surface area contributed by atoms with E-state index in [1.54, 1.807) is 18.3 Å². The van der Waals surface area contributed by atoms with Gasteiger partial charge < -0.3 is 9.30 Å². The highest BCUT2D eigenvalue weighted by molar-refractivity contribution is 9.10. The highest BCUT2D eigenvalue weighted by atomic mass is 79.9. The van der Waals surface area contributed by atoms with Gasteiger partial charge in [0.25, 0.3) is 11.5 Å². The Morgan fingerprint density at radius 2 is 2.00 bits per heavy atom. The average Bonchev–Trinajstić information content (AvgIpc) is 2.86. The second-order valence-corrected chi connectivity index (χ2v) is 10.2. The fourth-order valence-electron chi connectivity index (χ4n) is 5.34. The van der Waals surface area contributed by atoms with Crippen LogP contribution in [0.5, 0.6) is 5.75 Å². The maximum absolute atomic E-state index is 12.4. The summed E-state index contributed by atoms with van der Waals surface area (Å²) in [5.41, 5.74) is 6.35. The van der Waals surface area contributed by atoms with Gasteiger partial charge in [-0.2, -0.15) is 5.10 Å². The number of carbonyl (C=O) groups is 1. The van der Waals surface area contributed by atoms with Gasteiger partial charge in [-0.05, 0) is 77.2 Å². The van der Waals surface area contributed by atoms with E-state index in [4.69, 9.17) is 4.74 Å². The van der Waals surface area contributed by atoms with Gasteiger partial charge in [-0.3, -0.25) is 14.5 Å². The highest BCUT2D eigenvalue weighted by Gasteiger charge is 2.34. The minimum absolute atomic E-state index is 0.105. The predicted octanol–water partition coefficient (Wildman–Crippen LogP) is 4.39. The Kier molecular flexibility index (Phi) is 7.34. The first-order valence-corrected chi connectivity index (χ1v) is 13.1. The van der Waals surface area contributed by atoms with Crippen molar-refractivity contribution in [2.24, 2.45) is 11.0 Å². The van der Waals surface area contributed by atoms with Gasteiger partial charge in [0.05, 0.1) is 18.4 Å². The van der Waals surface area contributed by atoms with E-state index in [0.717, 1.165) is 59.6 Å². The molecule has 8 heteroatoms. The summed E-state index contributed by atoms with van der Waals surface area (Å²) in [5.74, 6) is 1.41. The molecule has 2 aliphatic heterocycles. The Balaban J connectivity index is 1.31. The smallest absolute Gasteiger partial charge is 0.272 e. The summed E-state index contributed by atoms with van der Waals surface area (Å²) in [6, 6.07) is 18.8. The fourth-order valence-corrected chi connectivity index (χ4v) is 5.80. The van der Waals surface area contributed by atoms with Gasteiger partial charge in [-0.25, -0.2) is 5.43 Å². The van der Waals surface area contributed by atoms with E-state index in [0.29, 0.717) is 24.0 Å². The first kappa shape index (κ1) is 24.5. The van der Waals surface area contributed by atoms with Crippen LogP contribution in [-0.2, 0) is 13.1 Å². The van der Waals surface area contributed by atoms with Crippen molar-refractivity contribution in [2.45, 2.75) is 32.4 Å². The molecule has 7 nitrogen and oxygen atoms in total. The normalized spacial score (nSPS) is 19.2. The first-order chi connectivity index (χ1) is 17.5. The highest BCUT2D eigenvalue weighted by Crippen LogP contribution is 2.36. The Bertz CT molecular complexity index is 1350. The molecule has 0 saturated carbocycles. The third-order valence-electron chi connectivity index (χ3n) is 6.83. The van der Waals surface area contributed by atoms with Gasteiger partial charge in [-0.1, -0.05) is 18.2 Å². The number of hydrazone groups is 1. The molecule has 3 aromatic rings. The van der Waals surface area contributed by atoms with Crippen molar-refractivity contribution in [2.75, 3.05) is 19.7 Å². The summed E-state index contributed by atoms with van der Waals surface area (Å²) in [5, 5.41) is 4.17. The van der Waals surface area contributed by atoms with E-state index in [1.807, 2.05) is 47.9 Å². The summed E-state index contributed by atoms with van der Waals surface area (Å²) in [6.45, 7) is 5.96. The third kappa shape index (κ3) is 5.29. The number of aromatic nitrogens is 1. The number of likely N-dealkylation sites (tertiary alicyclic amines) is 1. The van der Waals surface area contributed by atoms with Crippen molar-refractivity contribution in [1.29, 1.82) is 0 Å². The van der Waals surface area contributed by atoms with Gasteiger partial charge in [-0.15, -0.1) is 0 Å². The van der Waals surface area contributed by atoms with Crippen LogP contribution in [0.25, 0.3) is 0 Å². The summed E-state index contributed by atoms with van der Waals surface area (Å²) in [4.78, 5) is 27.2. The SMILES string of the molecule is CCOc1ccc(C=NNC(=O)c2ccccc2Br)cc1CN1CC2CC(C1)c1cccc(=O)n1C2. The number of nitrogens with one attached hydrogen (secondary N) is 1. The number of carbonyl (C=O) groups excluding carboxylic acids is 1. The predicted molar refractivity (Wildman–Crippen MR) is 144 cm³/mol. The lowest BCUT2D eigenvalue weighted by Crippen LogP contribution is -2.46. The molecule has 0 aliphatic carbocycles. The van der Waals surface area contributed by atoms with Gasteiger partial charge in [0.1, 0.15) is 5.75 Å². The van der Waals surface area contributed by atoms with Crippen LogP contribution in [0.2, 0.25) is 0 Å². The standard InChI is InChI=1S/C28H29BrN4O3/c1-2-36-26-11-10-19(14-30-31-28(35)23-6-3-4-7-24(23)29)12-22(26)18-32-15-20-13-21(17-32)25-8-5-9-27(34)33(25)16-20/h3-12,14,20-21H,2,13,15-18H2,1H3,(H,31,35). The molecule has 1 N–H and O–H groups in total. The molecular formula is C28H29BrN4O3. The Labute approximate surface area is 218 Å². The molecule has 5 rings (SSSR count). The molecule has 1 fully saturated rings. The molecule has 1 amide bonds. The summed E-state index contributed by atoms with van der Waals surface area (Å²) < 4.78 is 8.60. The zero-order valence-corrected chi connectivity index (χ0v) is 21.8. The molecule has 3 heterocycles. The number of hydrogen-bond donors (Lipinski definition) is 1. The molecule has 2 atom stereocenters. The number of rotatable bonds is 7. The van der Waals surface area contributed by atoms with Crippen LogP contribution < -0.4 is 15.7 Å². The lowest BCUT2D eigenvalue weighted by atomic mass is 9.83. The molecule has 1 aromatic heterocycles. The van der Waals surface area contributed by atoms with Crippen molar-refractivity contribution in [3.8, 4) is 5.75 Å². The molecule has 2 bridgehead atoms. The number of pyridine rings is 1. The molecule has 186 valence electrons. The van der Waals surface area contributed by atoms with Crippen molar-refractivity contribution >= 4 is 28.1 Å². The number of piperidine rings is 1. The van der Waals surface area contributed by atoms with Crippen LogP contribution in [0.3, 0.4) is 0 Å². The van der Waals surface area contributed by atoms with Gasteiger partial charge in [0.2, 0.25) is 0 Å². The van der Waals surface area contributed by atoms with Crippen molar-refractivity contribution in [3.63, 3.8) is 0 Å². The molecule has 2 aromatic carbocycles. The van der Waals surface area contributed by atoms with E-state index in [1.165, 1.54) is 0 Å². The molecule has 2 unspecified atom stereocenters. The minimum Gasteiger partial charge on any atom is -0.494 e. The lowest BCUT2D eigenvalue weighted by molar-refractivity contribution is 0.0954. The Hall–Kier alpha value is -3.23. The summed E-state index contributed by atoms with van der Waals surface area (Å²) in [7, 11) is 0. The number of ether oxygens (including phenoxy) is 1. The average molecular weight is 549 g/mol. The number of benzene rings is 2. The topological polar surface area (TPSA) is 75.9 Å². The zero-order chi connectivity index (χ0) is 25.1. The number of fused-ring (bicyclic) bond motifs is 4. The van der Waals surface area contributed by atoms with Crippen molar-refractivity contribution in [1.82, 2.24) is 14.9 Å². The molecule has 1 saturated heterocycles. The number of nitrogens with zero attached hydrogens (tertiary/aromatic N) is 3. The number of hydrogen-bond acceptors (Lipinski definition) is 5. The monoisotopic (exact) mass is 548 g/mol. The molecule has 2 aliphatic rings. The summed E-state index contributed by atoms with van der Waals surface area (Å²) in [6.07, 6.45) is 2.78. The maximum Gasteiger partial charge on any atom is 0.272 e. The lowest BCUT2D eigenvalue weighted by Gasteiger charge is -2.43. The third-order valence-corrected chi connectivity index (χ3v) is 7.52. The Morgan fingerprint density at radius 1 is 1.14 bits per heavy atom. The second kappa shape index (κ2) is 10.8. The largest absolute Gasteiger partial charge is 0.494 e. The van der Waals surface area contributed by atoms with Crippen LogP contribution >= 0.6 is 15.9 Å². The molecular weight excluding hydrogens is 520 g/mol. The van der Waals surface area contributed by atoms with Crippen molar-refractivity contribution < 1.29 is 9.53 Å². The van der Waals surface area contributed by atoms with Crippen LogP contribution in [0.1, 0.15) is 46.4 Å². The minimum atomic E-state index is -0.274. The molecule has 0 radical (unpaired) electrons. The van der Waals surface area contributed by atoms with E-state index >= 15 is 0 Å².